The van der Waals surface area contributed by atoms with Gasteiger partial charge < -0.3 is 19.3 Å². The zero-order valence-electron chi connectivity index (χ0n) is 10.2. The molecule has 3 atom stereocenters. The summed E-state index contributed by atoms with van der Waals surface area (Å²) in [4.78, 5) is 0. The van der Waals surface area contributed by atoms with E-state index < -0.39 is 6.10 Å². The maximum Gasteiger partial charge on any atom is 0.0781 e. The second kappa shape index (κ2) is 9.09. The molecule has 0 saturated heterocycles. The molecule has 0 saturated carbocycles. The van der Waals surface area contributed by atoms with Crippen molar-refractivity contribution in [1.82, 2.24) is 0 Å². The van der Waals surface area contributed by atoms with Crippen molar-refractivity contribution in [1.29, 1.82) is 0 Å². The van der Waals surface area contributed by atoms with Crippen molar-refractivity contribution in [3.8, 4) is 0 Å². The van der Waals surface area contributed by atoms with Gasteiger partial charge in [-0.15, -0.1) is 0 Å². The van der Waals surface area contributed by atoms with Crippen LogP contribution in [-0.2, 0) is 14.2 Å². The standard InChI is InChI=1S/C11H24O4/c1-5-13-7-10(3)15-8-11(4)14-6-9(2)12/h9-12H,5-8H2,1-4H3/t9-,10-,11+/m1/s1. The van der Waals surface area contributed by atoms with Gasteiger partial charge >= 0.3 is 0 Å². The Morgan fingerprint density at radius 3 is 2.00 bits per heavy atom. The molecule has 0 aliphatic carbocycles. The van der Waals surface area contributed by atoms with Crippen molar-refractivity contribution in [2.24, 2.45) is 0 Å². The fourth-order valence-corrected chi connectivity index (χ4v) is 0.983. The van der Waals surface area contributed by atoms with Crippen molar-refractivity contribution in [2.45, 2.75) is 46.0 Å². The van der Waals surface area contributed by atoms with Crippen LogP contribution in [0.3, 0.4) is 0 Å². The normalized spacial score (nSPS) is 17.4. The van der Waals surface area contributed by atoms with Crippen LogP contribution in [0.25, 0.3) is 0 Å². The van der Waals surface area contributed by atoms with Crippen molar-refractivity contribution in [2.75, 3.05) is 26.4 Å². The first kappa shape index (κ1) is 14.8. The minimum atomic E-state index is -0.423. The van der Waals surface area contributed by atoms with Crippen LogP contribution in [0, 0.1) is 0 Å². The summed E-state index contributed by atoms with van der Waals surface area (Å²) >= 11 is 0. The molecule has 0 amide bonds. The van der Waals surface area contributed by atoms with E-state index in [1.54, 1.807) is 6.92 Å². The van der Waals surface area contributed by atoms with Gasteiger partial charge in [0.25, 0.3) is 0 Å². The molecule has 0 fully saturated rings. The predicted octanol–water partition coefficient (Wildman–Crippen LogP) is 1.21. The highest BCUT2D eigenvalue weighted by atomic mass is 16.6. The van der Waals surface area contributed by atoms with E-state index in [-0.39, 0.29) is 12.2 Å². The molecule has 1 N–H and O–H groups in total. The van der Waals surface area contributed by atoms with Gasteiger partial charge in [-0.2, -0.15) is 0 Å². The molecular weight excluding hydrogens is 196 g/mol. The average Bonchev–Trinajstić information content (AvgIpc) is 2.20. The second-order valence-electron chi connectivity index (χ2n) is 3.80. The monoisotopic (exact) mass is 220 g/mol. The van der Waals surface area contributed by atoms with E-state index >= 15 is 0 Å². The first-order valence-electron chi connectivity index (χ1n) is 5.55. The molecule has 0 aliphatic heterocycles. The fourth-order valence-electron chi connectivity index (χ4n) is 0.983. The Morgan fingerprint density at radius 1 is 0.933 bits per heavy atom. The quantitative estimate of drug-likeness (QED) is 0.634. The number of hydrogen-bond donors (Lipinski definition) is 1. The Morgan fingerprint density at radius 2 is 1.47 bits per heavy atom. The topological polar surface area (TPSA) is 47.9 Å². The summed E-state index contributed by atoms with van der Waals surface area (Å²) < 4.78 is 16.1. The van der Waals surface area contributed by atoms with Crippen LogP contribution in [0.1, 0.15) is 27.7 Å². The highest BCUT2D eigenvalue weighted by molar-refractivity contribution is 4.53. The Balaban J connectivity index is 3.39. The van der Waals surface area contributed by atoms with Crippen LogP contribution in [0.4, 0.5) is 0 Å². The number of ether oxygens (including phenoxy) is 3. The molecule has 0 heterocycles. The van der Waals surface area contributed by atoms with E-state index in [0.29, 0.717) is 26.4 Å². The van der Waals surface area contributed by atoms with Crippen LogP contribution in [0.15, 0.2) is 0 Å². The minimum absolute atomic E-state index is 0.00340. The first-order valence-corrected chi connectivity index (χ1v) is 5.55. The molecule has 0 aromatic rings. The Bertz CT molecular complexity index is 139. The summed E-state index contributed by atoms with van der Waals surface area (Å²) in [6, 6.07) is 0. The highest BCUT2D eigenvalue weighted by Gasteiger charge is 2.07. The minimum Gasteiger partial charge on any atom is -0.391 e. The highest BCUT2D eigenvalue weighted by Crippen LogP contribution is 1.98. The van der Waals surface area contributed by atoms with Gasteiger partial charge in [0.05, 0.1) is 38.1 Å². The van der Waals surface area contributed by atoms with Crippen LogP contribution in [0.2, 0.25) is 0 Å². The van der Waals surface area contributed by atoms with E-state index in [1.165, 1.54) is 0 Å². The van der Waals surface area contributed by atoms with Crippen LogP contribution < -0.4 is 0 Å². The lowest BCUT2D eigenvalue weighted by molar-refractivity contribution is -0.0690. The van der Waals surface area contributed by atoms with Gasteiger partial charge in [0.1, 0.15) is 0 Å². The smallest absolute Gasteiger partial charge is 0.0781 e. The molecule has 0 spiro atoms. The first-order chi connectivity index (χ1) is 7.06. The molecule has 4 nitrogen and oxygen atoms in total. The average molecular weight is 220 g/mol. The van der Waals surface area contributed by atoms with Gasteiger partial charge in [-0.3, -0.25) is 0 Å². The second-order valence-corrected chi connectivity index (χ2v) is 3.80. The third-order valence-electron chi connectivity index (χ3n) is 1.79. The van der Waals surface area contributed by atoms with Crippen molar-refractivity contribution >= 4 is 0 Å². The van der Waals surface area contributed by atoms with Gasteiger partial charge in [0.2, 0.25) is 0 Å². The molecule has 0 aliphatic rings. The summed E-state index contributed by atoms with van der Waals surface area (Å²) in [6.45, 7) is 9.76. The number of rotatable bonds is 9. The Hall–Kier alpha value is -0.160. The molecule has 4 heteroatoms. The molecule has 0 rings (SSSR count). The number of aliphatic hydroxyl groups is 1. The molecule has 0 radical (unpaired) electrons. The zero-order valence-corrected chi connectivity index (χ0v) is 10.2. The lowest BCUT2D eigenvalue weighted by atomic mass is 10.4. The molecule has 0 aromatic heterocycles. The van der Waals surface area contributed by atoms with E-state index in [2.05, 4.69) is 0 Å². The van der Waals surface area contributed by atoms with Crippen LogP contribution in [0.5, 0.6) is 0 Å². The third-order valence-corrected chi connectivity index (χ3v) is 1.79. The van der Waals surface area contributed by atoms with Gasteiger partial charge in [-0.25, -0.2) is 0 Å². The Kier molecular flexibility index (Phi) is 9.00. The largest absolute Gasteiger partial charge is 0.391 e. The summed E-state index contributed by atoms with van der Waals surface area (Å²) in [7, 11) is 0. The van der Waals surface area contributed by atoms with Crippen molar-refractivity contribution in [3.63, 3.8) is 0 Å². The van der Waals surface area contributed by atoms with E-state index in [0.717, 1.165) is 0 Å². The van der Waals surface area contributed by atoms with Gasteiger partial charge in [0.15, 0.2) is 0 Å². The van der Waals surface area contributed by atoms with Crippen molar-refractivity contribution < 1.29 is 19.3 Å². The summed E-state index contributed by atoms with van der Waals surface area (Å²) in [5.41, 5.74) is 0. The van der Waals surface area contributed by atoms with E-state index in [1.807, 2.05) is 20.8 Å². The molecule has 0 unspecified atom stereocenters. The summed E-state index contributed by atoms with van der Waals surface area (Å²) in [5, 5.41) is 9.01. The molecular formula is C11H24O4. The fraction of sp³-hybridized carbons (Fsp3) is 1.00. The van der Waals surface area contributed by atoms with Gasteiger partial charge in [-0.05, 0) is 27.7 Å². The van der Waals surface area contributed by atoms with Gasteiger partial charge in [-0.1, -0.05) is 0 Å². The van der Waals surface area contributed by atoms with E-state index in [4.69, 9.17) is 19.3 Å². The van der Waals surface area contributed by atoms with Crippen LogP contribution in [-0.4, -0.2) is 49.8 Å². The van der Waals surface area contributed by atoms with Crippen LogP contribution >= 0.6 is 0 Å². The summed E-state index contributed by atoms with van der Waals surface area (Å²) in [6.07, 6.45) is -0.334. The molecule has 15 heavy (non-hydrogen) atoms. The maximum absolute atomic E-state index is 9.01. The van der Waals surface area contributed by atoms with E-state index in [9.17, 15) is 0 Å². The number of aliphatic hydroxyl groups excluding tert-OH is 1. The zero-order chi connectivity index (χ0) is 11.7. The molecule has 0 aromatic carbocycles. The van der Waals surface area contributed by atoms with Crippen molar-refractivity contribution in [3.05, 3.63) is 0 Å². The lowest BCUT2D eigenvalue weighted by Gasteiger charge is -2.18. The Labute approximate surface area is 92.5 Å². The molecule has 0 bridgehead atoms. The molecule has 92 valence electrons. The predicted molar refractivity (Wildman–Crippen MR) is 59.0 cm³/mol. The lowest BCUT2D eigenvalue weighted by Crippen LogP contribution is -2.25. The third kappa shape index (κ3) is 10.1. The maximum atomic E-state index is 9.01. The summed E-state index contributed by atoms with van der Waals surface area (Å²) in [5.74, 6) is 0. The van der Waals surface area contributed by atoms with Gasteiger partial charge in [0, 0.05) is 6.61 Å². The number of hydrogen-bond acceptors (Lipinski definition) is 4. The SMILES string of the molecule is CCOC[C@@H](C)OC[C@H](C)OC[C@@H](C)O.